The van der Waals surface area contributed by atoms with Crippen LogP contribution in [0.15, 0.2) is 0 Å². The van der Waals surface area contributed by atoms with E-state index in [-0.39, 0.29) is 25.7 Å². The van der Waals surface area contributed by atoms with Gasteiger partial charge in [0.15, 0.2) is 12.2 Å². The molecule has 0 aliphatic carbocycles. The summed E-state index contributed by atoms with van der Waals surface area (Å²) in [6.45, 7) is 14.2. The van der Waals surface area contributed by atoms with E-state index in [1.165, 1.54) is 193 Å². The minimum absolute atomic E-state index is 0.106. The summed E-state index contributed by atoms with van der Waals surface area (Å²) in [6.07, 6.45) is 52.8. The number of aliphatic hydroxyl groups is 1. The van der Waals surface area contributed by atoms with Gasteiger partial charge in [0.2, 0.25) is 0 Å². The van der Waals surface area contributed by atoms with Gasteiger partial charge in [-0.15, -0.1) is 0 Å². The molecule has 0 aromatic heterocycles. The normalized spacial score (nSPS) is 14.4. The molecule has 0 saturated carbocycles. The highest BCUT2D eigenvalue weighted by Crippen LogP contribution is 2.45. The average Bonchev–Trinajstić information content (AvgIpc) is 1.64. The Morgan fingerprint density at radius 3 is 0.732 bits per heavy atom. The molecule has 0 aromatic carbocycles. The molecule has 576 valence electrons. The number of aliphatic hydroxyl groups excluding tert-OH is 1. The lowest BCUT2D eigenvalue weighted by Crippen LogP contribution is -2.30. The fourth-order valence-electron chi connectivity index (χ4n) is 11.9. The van der Waals surface area contributed by atoms with Crippen LogP contribution in [0.2, 0.25) is 0 Å². The smallest absolute Gasteiger partial charge is 0.462 e. The molecule has 0 aromatic rings. The van der Waals surface area contributed by atoms with Gasteiger partial charge in [-0.25, -0.2) is 9.13 Å². The van der Waals surface area contributed by atoms with Crippen LogP contribution in [0.1, 0.15) is 396 Å². The SMILES string of the molecule is CCC(C)CCCCCCCCCCCCC(=O)OC[C@H](COP(=O)(O)OCC(O)COP(=O)(O)OC[C@@H](COC(=O)CCCCCCCCC(C)C)OC(=O)CCCCCCCCCCCCCCCCCCC(C)C)OC(=O)CCCCCCCCCCCCCCC(C)C. The second-order valence-electron chi connectivity index (χ2n) is 29.8. The van der Waals surface area contributed by atoms with Crippen LogP contribution >= 0.6 is 15.6 Å². The third kappa shape index (κ3) is 70.9. The van der Waals surface area contributed by atoms with E-state index >= 15 is 0 Å². The quantitative estimate of drug-likeness (QED) is 0.0222. The second kappa shape index (κ2) is 67.2. The Morgan fingerprint density at radius 2 is 0.495 bits per heavy atom. The fourth-order valence-corrected chi connectivity index (χ4v) is 13.5. The van der Waals surface area contributed by atoms with Crippen molar-refractivity contribution in [2.24, 2.45) is 23.7 Å². The summed E-state index contributed by atoms with van der Waals surface area (Å²) in [4.78, 5) is 72.9. The maximum atomic E-state index is 13.1. The molecule has 0 amide bonds. The molecule has 0 radical (unpaired) electrons. The largest absolute Gasteiger partial charge is 0.472 e. The van der Waals surface area contributed by atoms with Gasteiger partial charge in [0.05, 0.1) is 26.4 Å². The lowest BCUT2D eigenvalue weighted by molar-refractivity contribution is -0.161. The van der Waals surface area contributed by atoms with Crippen LogP contribution in [0.25, 0.3) is 0 Å². The second-order valence-corrected chi connectivity index (χ2v) is 32.7. The molecule has 6 atom stereocenters. The van der Waals surface area contributed by atoms with E-state index in [9.17, 15) is 43.2 Å². The van der Waals surface area contributed by atoms with E-state index in [1.807, 2.05) is 0 Å². The highest BCUT2D eigenvalue weighted by molar-refractivity contribution is 7.47. The first-order chi connectivity index (χ1) is 46.6. The van der Waals surface area contributed by atoms with Crippen molar-refractivity contribution in [2.75, 3.05) is 39.6 Å². The van der Waals surface area contributed by atoms with E-state index in [0.29, 0.717) is 31.6 Å². The van der Waals surface area contributed by atoms with Crippen molar-refractivity contribution in [3.05, 3.63) is 0 Å². The van der Waals surface area contributed by atoms with Gasteiger partial charge in [0.25, 0.3) is 0 Å². The van der Waals surface area contributed by atoms with Gasteiger partial charge in [-0.05, 0) is 49.4 Å². The van der Waals surface area contributed by atoms with E-state index in [1.54, 1.807) is 0 Å². The molecule has 0 aliphatic heterocycles. The highest BCUT2D eigenvalue weighted by Gasteiger charge is 2.30. The lowest BCUT2D eigenvalue weighted by atomic mass is 9.99. The first kappa shape index (κ1) is 95.1. The summed E-state index contributed by atoms with van der Waals surface area (Å²) < 4.78 is 68.6. The Morgan fingerprint density at radius 1 is 0.289 bits per heavy atom. The van der Waals surface area contributed by atoms with Gasteiger partial charge >= 0.3 is 39.5 Å². The first-order valence-corrected chi connectivity index (χ1v) is 43.2. The van der Waals surface area contributed by atoms with Crippen LogP contribution in [-0.2, 0) is 65.4 Å². The summed E-state index contributed by atoms with van der Waals surface area (Å²) in [5.74, 6) is 0.955. The molecule has 17 nitrogen and oxygen atoms in total. The molecule has 0 heterocycles. The van der Waals surface area contributed by atoms with Crippen molar-refractivity contribution in [3.8, 4) is 0 Å². The fraction of sp³-hybridized carbons (Fsp3) is 0.949. The van der Waals surface area contributed by atoms with E-state index in [4.69, 9.17) is 37.0 Å². The third-order valence-electron chi connectivity index (χ3n) is 18.4. The van der Waals surface area contributed by atoms with Gasteiger partial charge in [-0.3, -0.25) is 37.3 Å². The van der Waals surface area contributed by atoms with Crippen LogP contribution in [-0.4, -0.2) is 96.7 Å². The molecule has 3 N–H and O–H groups in total. The Kier molecular flexibility index (Phi) is 65.9. The number of rotatable bonds is 75. The number of carbonyl (C=O) groups excluding carboxylic acids is 4. The molecule has 4 unspecified atom stereocenters. The summed E-state index contributed by atoms with van der Waals surface area (Å²) in [6, 6.07) is 0. The summed E-state index contributed by atoms with van der Waals surface area (Å²) >= 11 is 0. The van der Waals surface area contributed by atoms with Crippen molar-refractivity contribution in [1.82, 2.24) is 0 Å². The van der Waals surface area contributed by atoms with Crippen molar-refractivity contribution >= 4 is 39.5 Å². The number of esters is 4. The predicted molar refractivity (Wildman–Crippen MR) is 395 cm³/mol. The van der Waals surface area contributed by atoms with Gasteiger partial charge in [-0.2, -0.15) is 0 Å². The Labute approximate surface area is 594 Å². The van der Waals surface area contributed by atoms with Crippen LogP contribution in [0.5, 0.6) is 0 Å². The monoisotopic (exact) mass is 1420 g/mol. The van der Waals surface area contributed by atoms with Crippen molar-refractivity contribution in [2.45, 2.75) is 414 Å². The number of unbranched alkanes of at least 4 members (excludes halogenated alkanes) is 40. The highest BCUT2D eigenvalue weighted by atomic mass is 31.2. The zero-order valence-electron chi connectivity index (χ0n) is 63.7. The predicted octanol–water partition coefficient (Wildman–Crippen LogP) is 22.8. The van der Waals surface area contributed by atoms with Gasteiger partial charge in [-0.1, -0.05) is 344 Å². The molecule has 0 bridgehead atoms. The number of hydrogen-bond acceptors (Lipinski definition) is 15. The molecule has 0 spiro atoms. The molecule has 0 aliphatic rings. The molecule has 0 rings (SSSR count). The average molecular weight is 1420 g/mol. The van der Waals surface area contributed by atoms with Crippen molar-refractivity contribution in [1.29, 1.82) is 0 Å². The third-order valence-corrected chi connectivity index (χ3v) is 20.3. The van der Waals surface area contributed by atoms with Crippen molar-refractivity contribution < 1.29 is 80.2 Å². The van der Waals surface area contributed by atoms with Crippen LogP contribution in [0.4, 0.5) is 0 Å². The Bertz CT molecular complexity index is 1900. The van der Waals surface area contributed by atoms with Crippen LogP contribution < -0.4 is 0 Å². The molecular weight excluding hydrogens is 1270 g/mol. The molecule has 0 saturated heterocycles. The van der Waals surface area contributed by atoms with Crippen LogP contribution in [0.3, 0.4) is 0 Å². The van der Waals surface area contributed by atoms with Gasteiger partial charge in [0, 0.05) is 25.7 Å². The number of carbonyl (C=O) groups is 4. The minimum Gasteiger partial charge on any atom is -0.462 e. The molecule has 0 fully saturated rings. The topological polar surface area (TPSA) is 237 Å². The zero-order valence-corrected chi connectivity index (χ0v) is 65.5. The van der Waals surface area contributed by atoms with Crippen LogP contribution in [0, 0.1) is 23.7 Å². The molecule has 97 heavy (non-hydrogen) atoms. The zero-order chi connectivity index (χ0) is 71.7. The minimum atomic E-state index is -4.96. The maximum Gasteiger partial charge on any atom is 0.472 e. The standard InChI is InChI=1S/C78H152O17P2/c1-9-71(8)57-49-41-32-26-22-23-27-33-42-50-58-75(80)88-64-73(94-77(82)61-53-45-35-29-21-17-16-19-25-31-39-47-55-69(4)5)66-92-96(84,85)90-62-72(79)63-91-97(86,87)93-67-74(65-89-76(81)59-51-43-37-36-40-48-56-70(6)7)95-78(83)60-52-44-34-28-20-15-13-11-10-12-14-18-24-30-38-46-54-68(2)3/h68-74,79H,9-67H2,1-8H3,(H,84,85)(H,86,87)/t71?,72?,73-,74-/m1/s1. The molecular formula is C78H152O17P2. The summed E-state index contributed by atoms with van der Waals surface area (Å²) in [5, 5.41) is 10.6. The Balaban J connectivity index is 5.22. The summed E-state index contributed by atoms with van der Waals surface area (Å²) in [7, 11) is -9.92. The number of phosphoric acid groups is 2. The number of hydrogen-bond donors (Lipinski definition) is 3. The van der Waals surface area contributed by atoms with Crippen molar-refractivity contribution in [3.63, 3.8) is 0 Å². The molecule has 19 heteroatoms. The first-order valence-electron chi connectivity index (χ1n) is 40.2. The lowest BCUT2D eigenvalue weighted by Gasteiger charge is -2.21. The van der Waals surface area contributed by atoms with Gasteiger partial charge < -0.3 is 33.8 Å². The van der Waals surface area contributed by atoms with Gasteiger partial charge in [0.1, 0.15) is 19.3 Å². The summed E-state index contributed by atoms with van der Waals surface area (Å²) in [5.41, 5.74) is 0. The van der Waals surface area contributed by atoms with E-state index in [0.717, 1.165) is 114 Å². The Hall–Kier alpha value is -1.94. The maximum absolute atomic E-state index is 13.1. The van der Waals surface area contributed by atoms with E-state index in [2.05, 4.69) is 55.4 Å². The number of ether oxygens (including phenoxy) is 4. The number of phosphoric ester groups is 2. The van der Waals surface area contributed by atoms with E-state index < -0.39 is 97.5 Å².